The van der Waals surface area contributed by atoms with Crippen LogP contribution in [0.15, 0.2) is 18.6 Å². The van der Waals surface area contributed by atoms with Crippen molar-refractivity contribution in [2.24, 2.45) is 0 Å². The second-order valence-electron chi connectivity index (χ2n) is 6.20. The Bertz CT molecular complexity index is 498. The minimum absolute atomic E-state index is 0.0277. The third kappa shape index (κ3) is 2.91. The second kappa shape index (κ2) is 5.69. The van der Waals surface area contributed by atoms with Gasteiger partial charge in [-0.2, -0.15) is 0 Å². The smallest absolute Gasteiger partial charge is 0.274 e. The summed E-state index contributed by atoms with van der Waals surface area (Å²) in [6, 6.07) is 0.493. The summed E-state index contributed by atoms with van der Waals surface area (Å²) in [5, 5.41) is 0. The van der Waals surface area contributed by atoms with Gasteiger partial charge in [-0.15, -0.1) is 0 Å². The maximum atomic E-state index is 12.3. The molecule has 2 fully saturated rings. The molecule has 3 heterocycles. The molecular weight excluding hydrogens is 268 g/mol. The van der Waals surface area contributed by atoms with E-state index in [1.165, 1.54) is 6.20 Å². The number of piperidine rings is 1. The van der Waals surface area contributed by atoms with Gasteiger partial charge >= 0.3 is 0 Å². The molecule has 6 heteroatoms. The van der Waals surface area contributed by atoms with Gasteiger partial charge < -0.3 is 14.5 Å². The highest BCUT2D eigenvalue weighted by Gasteiger charge is 2.44. The third-order valence-electron chi connectivity index (χ3n) is 4.66. The lowest BCUT2D eigenvalue weighted by atomic mass is 9.87. The van der Waals surface area contributed by atoms with Crippen LogP contribution >= 0.6 is 0 Å². The number of carbonyl (C=O) groups excluding carboxylic acids is 1. The number of likely N-dealkylation sites (tertiary alicyclic amines) is 1. The van der Waals surface area contributed by atoms with Gasteiger partial charge in [0.05, 0.1) is 18.4 Å². The van der Waals surface area contributed by atoms with Gasteiger partial charge in [0.1, 0.15) is 5.69 Å². The van der Waals surface area contributed by atoms with Gasteiger partial charge in [0.25, 0.3) is 5.91 Å². The number of nitrogens with zero attached hydrogens (tertiary/aromatic N) is 4. The van der Waals surface area contributed by atoms with Crippen LogP contribution in [-0.4, -0.2) is 71.1 Å². The number of hydrogen-bond acceptors (Lipinski definition) is 5. The van der Waals surface area contributed by atoms with Crippen LogP contribution in [0.5, 0.6) is 0 Å². The molecule has 0 aromatic carbocycles. The number of amides is 1. The maximum Gasteiger partial charge on any atom is 0.274 e. The summed E-state index contributed by atoms with van der Waals surface area (Å²) in [6.45, 7) is 2.26. The van der Waals surface area contributed by atoms with E-state index in [1.807, 2.05) is 4.90 Å². The van der Waals surface area contributed by atoms with Crippen molar-refractivity contribution in [1.82, 2.24) is 19.8 Å². The molecule has 114 valence electrons. The Balaban J connectivity index is 1.60. The number of carbonyl (C=O) groups is 1. The van der Waals surface area contributed by atoms with Crippen LogP contribution in [0.2, 0.25) is 0 Å². The first-order chi connectivity index (χ1) is 10.1. The SMILES string of the molecule is CN(C)[C@H]1COC2(CCN(C(=O)c3cnccn3)CC2)C1. The molecule has 1 aromatic rings. The molecule has 2 aliphatic heterocycles. The molecule has 2 saturated heterocycles. The molecule has 1 amide bonds. The van der Waals surface area contributed by atoms with Crippen molar-refractivity contribution >= 4 is 5.91 Å². The summed E-state index contributed by atoms with van der Waals surface area (Å²) in [4.78, 5) is 24.5. The summed E-state index contributed by atoms with van der Waals surface area (Å²) < 4.78 is 6.08. The van der Waals surface area contributed by atoms with E-state index in [4.69, 9.17) is 4.74 Å². The van der Waals surface area contributed by atoms with Gasteiger partial charge in [-0.1, -0.05) is 0 Å². The quantitative estimate of drug-likeness (QED) is 0.806. The van der Waals surface area contributed by atoms with E-state index < -0.39 is 0 Å². The predicted molar refractivity (Wildman–Crippen MR) is 77.9 cm³/mol. The zero-order valence-corrected chi connectivity index (χ0v) is 12.7. The standard InChI is InChI=1S/C15H22N4O2/c1-18(2)12-9-15(21-11-12)3-7-19(8-4-15)14(20)13-10-16-5-6-17-13/h5-6,10,12H,3-4,7-9,11H2,1-2H3/t12-/m1/s1. The Morgan fingerprint density at radius 3 is 2.71 bits per heavy atom. The zero-order chi connectivity index (χ0) is 14.9. The molecule has 0 radical (unpaired) electrons. The molecule has 3 rings (SSSR count). The molecule has 0 saturated carbocycles. The minimum atomic E-state index is -0.0336. The fraction of sp³-hybridized carbons (Fsp3) is 0.667. The van der Waals surface area contributed by atoms with Gasteiger partial charge in [0, 0.05) is 31.5 Å². The molecule has 2 aliphatic rings. The summed E-state index contributed by atoms with van der Waals surface area (Å²) >= 11 is 0. The van der Waals surface area contributed by atoms with Crippen LogP contribution in [0.4, 0.5) is 0 Å². The summed E-state index contributed by atoms with van der Waals surface area (Å²) in [5.74, 6) is -0.0277. The Kier molecular flexibility index (Phi) is 3.91. The van der Waals surface area contributed by atoms with Crippen molar-refractivity contribution < 1.29 is 9.53 Å². The Morgan fingerprint density at radius 2 is 2.14 bits per heavy atom. The molecule has 0 aliphatic carbocycles. The number of likely N-dealkylation sites (N-methyl/N-ethyl adjacent to an activating group) is 1. The first kappa shape index (κ1) is 14.4. The van der Waals surface area contributed by atoms with E-state index in [0.29, 0.717) is 11.7 Å². The first-order valence-corrected chi connectivity index (χ1v) is 7.45. The normalized spacial score (nSPS) is 24.7. The van der Waals surface area contributed by atoms with E-state index in [1.54, 1.807) is 12.4 Å². The summed E-state index contributed by atoms with van der Waals surface area (Å²) in [7, 11) is 4.19. The average Bonchev–Trinajstić information content (AvgIpc) is 2.92. The van der Waals surface area contributed by atoms with Gasteiger partial charge in [0.15, 0.2) is 0 Å². The van der Waals surface area contributed by atoms with Crippen molar-refractivity contribution in [2.45, 2.75) is 30.9 Å². The van der Waals surface area contributed by atoms with Gasteiger partial charge in [0.2, 0.25) is 0 Å². The highest BCUT2D eigenvalue weighted by Crippen LogP contribution is 2.37. The Hall–Kier alpha value is -1.53. The van der Waals surface area contributed by atoms with Gasteiger partial charge in [-0.05, 0) is 33.4 Å². The fourth-order valence-electron chi connectivity index (χ4n) is 3.19. The molecule has 6 nitrogen and oxygen atoms in total. The Morgan fingerprint density at radius 1 is 1.38 bits per heavy atom. The summed E-state index contributed by atoms with van der Waals surface area (Å²) in [5.41, 5.74) is 0.389. The highest BCUT2D eigenvalue weighted by atomic mass is 16.5. The van der Waals surface area contributed by atoms with Gasteiger partial charge in [-0.25, -0.2) is 4.98 Å². The van der Waals surface area contributed by atoms with Gasteiger partial charge in [-0.3, -0.25) is 9.78 Å². The Labute approximate surface area is 125 Å². The van der Waals surface area contributed by atoms with Crippen LogP contribution in [0, 0.1) is 0 Å². The minimum Gasteiger partial charge on any atom is -0.373 e. The molecule has 0 N–H and O–H groups in total. The number of rotatable bonds is 2. The predicted octanol–water partition coefficient (Wildman–Crippen LogP) is 0.802. The van der Waals surface area contributed by atoms with Crippen LogP contribution < -0.4 is 0 Å². The number of aromatic nitrogens is 2. The monoisotopic (exact) mass is 290 g/mol. The topological polar surface area (TPSA) is 58.6 Å². The van der Waals surface area contributed by atoms with Crippen molar-refractivity contribution in [2.75, 3.05) is 33.8 Å². The van der Waals surface area contributed by atoms with Crippen LogP contribution in [0.3, 0.4) is 0 Å². The van der Waals surface area contributed by atoms with Crippen LogP contribution in [0.25, 0.3) is 0 Å². The zero-order valence-electron chi connectivity index (χ0n) is 12.7. The maximum absolute atomic E-state index is 12.3. The van der Waals surface area contributed by atoms with Crippen LogP contribution in [-0.2, 0) is 4.74 Å². The number of ether oxygens (including phenoxy) is 1. The van der Waals surface area contributed by atoms with Crippen molar-refractivity contribution in [1.29, 1.82) is 0 Å². The average molecular weight is 290 g/mol. The van der Waals surface area contributed by atoms with Crippen molar-refractivity contribution in [3.05, 3.63) is 24.3 Å². The molecule has 0 unspecified atom stereocenters. The van der Waals surface area contributed by atoms with Crippen molar-refractivity contribution in [3.63, 3.8) is 0 Å². The van der Waals surface area contributed by atoms with E-state index in [9.17, 15) is 4.79 Å². The van der Waals surface area contributed by atoms with Crippen LogP contribution in [0.1, 0.15) is 29.8 Å². The highest BCUT2D eigenvalue weighted by molar-refractivity contribution is 5.92. The number of hydrogen-bond donors (Lipinski definition) is 0. The van der Waals surface area contributed by atoms with E-state index in [2.05, 4.69) is 29.0 Å². The fourth-order valence-corrected chi connectivity index (χ4v) is 3.19. The lowest BCUT2D eigenvalue weighted by Crippen LogP contribution is -2.47. The lowest BCUT2D eigenvalue weighted by Gasteiger charge is -2.38. The first-order valence-electron chi connectivity index (χ1n) is 7.45. The molecule has 0 bridgehead atoms. The second-order valence-corrected chi connectivity index (χ2v) is 6.20. The van der Waals surface area contributed by atoms with E-state index in [0.717, 1.165) is 39.0 Å². The third-order valence-corrected chi connectivity index (χ3v) is 4.66. The molecule has 1 atom stereocenters. The molecule has 1 aromatic heterocycles. The van der Waals surface area contributed by atoms with E-state index in [-0.39, 0.29) is 11.5 Å². The molecular formula is C15H22N4O2. The lowest BCUT2D eigenvalue weighted by molar-refractivity contribution is -0.0393. The van der Waals surface area contributed by atoms with Crippen molar-refractivity contribution in [3.8, 4) is 0 Å². The molecule has 21 heavy (non-hydrogen) atoms. The van der Waals surface area contributed by atoms with E-state index >= 15 is 0 Å². The largest absolute Gasteiger partial charge is 0.373 e. The molecule has 1 spiro atoms. The summed E-state index contributed by atoms with van der Waals surface area (Å²) in [6.07, 6.45) is 7.54.